The van der Waals surface area contributed by atoms with E-state index in [1.165, 1.54) is 0 Å². The number of rotatable bonds is 0. The van der Waals surface area contributed by atoms with E-state index in [1.54, 1.807) is 12.4 Å². The van der Waals surface area contributed by atoms with Crippen LogP contribution in [0.1, 0.15) is 0 Å². The Morgan fingerprint density at radius 1 is 1.14 bits per heavy atom. The van der Waals surface area contributed by atoms with E-state index < -0.39 is 0 Å². The summed E-state index contributed by atoms with van der Waals surface area (Å²) in [6, 6.07) is 5.67. The predicted octanol–water partition coefficient (Wildman–Crippen LogP) is 1.06. The minimum atomic E-state index is 0.0265. The van der Waals surface area contributed by atoms with Gasteiger partial charge in [0.25, 0.3) is 0 Å². The van der Waals surface area contributed by atoms with E-state index in [1.807, 2.05) is 18.2 Å². The zero-order chi connectivity index (χ0) is 9.71. The molecule has 1 aromatic heterocycles. The van der Waals surface area contributed by atoms with Crippen molar-refractivity contribution in [2.24, 2.45) is 0 Å². The molecule has 3 rings (SSSR count). The molecule has 0 N–H and O–H groups in total. The van der Waals surface area contributed by atoms with Gasteiger partial charge in [-0.3, -0.25) is 0 Å². The van der Waals surface area contributed by atoms with Gasteiger partial charge in [0.15, 0.2) is 0 Å². The van der Waals surface area contributed by atoms with Crippen molar-refractivity contribution >= 4 is 29.0 Å². The van der Waals surface area contributed by atoms with Crippen molar-refractivity contribution in [1.82, 2.24) is 4.98 Å². The Hall–Kier alpha value is -1.77. The van der Waals surface area contributed by atoms with Gasteiger partial charge in [-0.25, -0.2) is 0 Å². The number of hydrogen-bond acceptors (Lipinski definition) is 2. The van der Waals surface area contributed by atoms with E-state index in [4.69, 9.17) is 0 Å². The zero-order valence-corrected chi connectivity index (χ0v) is 7.45. The molecule has 3 heteroatoms. The molecule has 0 bridgehead atoms. The zero-order valence-electron chi connectivity index (χ0n) is 7.45. The third-order valence-electron chi connectivity index (χ3n) is 2.63. The van der Waals surface area contributed by atoms with Crippen molar-refractivity contribution in [3.05, 3.63) is 45.9 Å². The van der Waals surface area contributed by atoms with E-state index >= 15 is 0 Å². The summed E-state index contributed by atoms with van der Waals surface area (Å²) in [5.74, 6) is 0. The van der Waals surface area contributed by atoms with E-state index in [2.05, 4.69) is 12.5 Å². The van der Waals surface area contributed by atoms with Crippen LogP contribution in [0, 0.1) is 5.11 Å². The van der Waals surface area contributed by atoms with Crippen LogP contribution in [0.3, 0.4) is 0 Å². The first kappa shape index (κ1) is 7.62. The van der Waals surface area contributed by atoms with Gasteiger partial charge in [0.2, 0.25) is 0 Å². The van der Waals surface area contributed by atoms with E-state index in [0.717, 1.165) is 21.5 Å². The van der Waals surface area contributed by atoms with Crippen molar-refractivity contribution < 1.29 is 0 Å². The average Bonchev–Trinajstić information content (AvgIpc) is 2.47. The van der Waals surface area contributed by atoms with Gasteiger partial charge in [-0.1, -0.05) is 0 Å². The summed E-state index contributed by atoms with van der Waals surface area (Å²) in [4.78, 5) is 15.8. The normalized spacial score (nSPS) is 11.4. The van der Waals surface area contributed by atoms with Crippen LogP contribution in [-0.4, -0.2) is 12.5 Å². The van der Waals surface area contributed by atoms with Crippen LogP contribution < -0.4 is 5.43 Å². The summed E-state index contributed by atoms with van der Waals surface area (Å²) in [7, 11) is 3.79. The van der Waals surface area contributed by atoms with Crippen molar-refractivity contribution in [3.63, 3.8) is 0 Å². The first-order valence-corrected chi connectivity index (χ1v) is 4.40. The molecule has 14 heavy (non-hydrogen) atoms. The first-order valence-electron chi connectivity index (χ1n) is 4.40. The molecule has 0 radical (unpaired) electrons. The number of benzene rings is 1. The van der Waals surface area contributed by atoms with Gasteiger partial charge < -0.3 is 0 Å². The number of pyridine rings is 1. The summed E-state index contributed by atoms with van der Waals surface area (Å²) < 4.78 is 0. The van der Waals surface area contributed by atoms with E-state index in [-0.39, 0.29) is 5.43 Å². The van der Waals surface area contributed by atoms with Crippen molar-refractivity contribution in [1.29, 1.82) is 0 Å². The van der Waals surface area contributed by atoms with Crippen LogP contribution in [0.15, 0.2) is 35.4 Å². The molecule has 0 saturated heterocycles. The molecule has 0 spiro atoms. The van der Waals surface area contributed by atoms with E-state index in [0.29, 0.717) is 5.11 Å². The molecule has 3 aromatic rings. The molecule has 1 heterocycles. The molecular formula is C11H6BNO. The molecule has 0 amide bonds. The summed E-state index contributed by atoms with van der Waals surface area (Å²) in [6.45, 7) is 0. The Morgan fingerprint density at radius 3 is 2.86 bits per heavy atom. The van der Waals surface area contributed by atoms with Crippen LogP contribution >= 0.6 is 0 Å². The summed E-state index contributed by atoms with van der Waals surface area (Å²) in [5.41, 5.74) is 0.0265. The van der Waals surface area contributed by atoms with Crippen molar-refractivity contribution in [2.45, 2.75) is 0 Å². The van der Waals surface area contributed by atoms with Gasteiger partial charge in [-0.05, 0) is 0 Å². The van der Waals surface area contributed by atoms with Crippen LogP contribution in [0.4, 0.5) is 0 Å². The Bertz CT molecular complexity index is 664. The van der Waals surface area contributed by atoms with Crippen LogP contribution in [0.5, 0.6) is 0 Å². The monoisotopic (exact) mass is 179 g/mol. The molecule has 0 aliphatic rings. The van der Waals surface area contributed by atoms with E-state index in [9.17, 15) is 4.79 Å². The molecule has 64 valence electrons. The van der Waals surface area contributed by atoms with Gasteiger partial charge in [-0.15, -0.1) is 0 Å². The molecule has 2 aromatic carbocycles. The number of nitrogens with zero attached hydrogens (tertiary/aromatic N) is 1. The number of hydrogen-bond donors (Lipinski definition) is 0. The van der Waals surface area contributed by atoms with Gasteiger partial charge >= 0.3 is 79.9 Å². The van der Waals surface area contributed by atoms with Gasteiger partial charge in [0.05, 0.1) is 0 Å². The Morgan fingerprint density at radius 2 is 2.00 bits per heavy atom. The molecule has 0 saturated carbocycles. The minimum absolute atomic E-state index is 0.0265. The Kier molecular flexibility index (Phi) is 1.30. The van der Waals surface area contributed by atoms with Crippen LogP contribution in [0.25, 0.3) is 21.5 Å². The fourth-order valence-electron chi connectivity index (χ4n) is 1.94. The molecule has 0 aliphatic heterocycles. The van der Waals surface area contributed by atoms with Gasteiger partial charge in [0.1, 0.15) is 0 Å². The van der Waals surface area contributed by atoms with Gasteiger partial charge in [0, 0.05) is 0 Å². The Labute approximate surface area is 80.6 Å². The summed E-state index contributed by atoms with van der Waals surface area (Å²) in [6.07, 6.45) is 3.48. The van der Waals surface area contributed by atoms with Gasteiger partial charge in [-0.2, -0.15) is 0 Å². The first-order chi connectivity index (χ1) is 6.79. The predicted molar refractivity (Wildman–Crippen MR) is 58.3 cm³/mol. The maximum absolute atomic E-state index is 11.7. The Balaban J connectivity index is 2.91. The summed E-state index contributed by atoms with van der Waals surface area (Å²) >= 11 is 0. The summed E-state index contributed by atoms with van der Waals surface area (Å²) in [5, 5.41) is 4.20. The SMILES string of the molecule is B=c1c(=O)c2cccc3cncc1c32. The van der Waals surface area contributed by atoms with Crippen LogP contribution in [0.2, 0.25) is 0 Å². The molecule has 0 aliphatic carbocycles. The second kappa shape index (κ2) is 2.38. The third kappa shape index (κ3) is 0.745. The fraction of sp³-hybridized carbons (Fsp3) is 0. The third-order valence-corrected chi connectivity index (χ3v) is 2.63. The molecule has 0 atom stereocenters. The average molecular weight is 179 g/mol. The van der Waals surface area contributed by atoms with Crippen LogP contribution in [-0.2, 0) is 0 Å². The quantitative estimate of drug-likeness (QED) is 0.483. The second-order valence-electron chi connectivity index (χ2n) is 3.40. The maximum atomic E-state index is 11.7. The topological polar surface area (TPSA) is 30.0 Å². The fourth-order valence-corrected chi connectivity index (χ4v) is 1.94. The molecule has 0 fully saturated rings. The number of aromatic nitrogens is 1. The molecular weight excluding hydrogens is 173 g/mol. The standard InChI is InChI=1S/C11H6BNO/c12-10-8-5-13-4-6-2-1-3-7(9(6)8)11(10)14/h1-5,12H. The molecule has 0 unspecified atom stereocenters. The van der Waals surface area contributed by atoms with Crippen molar-refractivity contribution in [2.75, 3.05) is 0 Å². The molecule has 2 nitrogen and oxygen atoms in total. The van der Waals surface area contributed by atoms with Crippen molar-refractivity contribution in [3.8, 4) is 0 Å². The second-order valence-corrected chi connectivity index (χ2v) is 3.40.